The van der Waals surface area contributed by atoms with Crippen LogP contribution in [0.5, 0.6) is 0 Å². The molecular weight excluding hydrogens is 406 g/mol. The Morgan fingerprint density at radius 1 is 1.17 bits per heavy atom. The molecule has 0 bridgehead atoms. The fourth-order valence-corrected chi connectivity index (χ4v) is 3.09. The number of halogens is 2. The van der Waals surface area contributed by atoms with E-state index in [-0.39, 0.29) is 11.8 Å². The van der Waals surface area contributed by atoms with Crippen molar-refractivity contribution in [2.45, 2.75) is 6.42 Å². The molecule has 5 heteroatoms. The highest BCUT2D eigenvalue weighted by Crippen LogP contribution is 2.23. The number of nitrogens with zero attached hydrogens (tertiary/aromatic N) is 1. The van der Waals surface area contributed by atoms with Gasteiger partial charge in [0.05, 0.1) is 0 Å². The Morgan fingerprint density at radius 2 is 1.96 bits per heavy atom. The van der Waals surface area contributed by atoms with E-state index in [1.54, 1.807) is 17.0 Å². The monoisotopic (exact) mass is 422 g/mol. The predicted octanol–water partition coefficient (Wildman–Crippen LogP) is 4.75. The van der Waals surface area contributed by atoms with E-state index in [0.717, 1.165) is 26.8 Å². The van der Waals surface area contributed by atoms with Gasteiger partial charge in [-0.25, -0.2) is 9.18 Å². The number of anilines is 1. The zero-order valence-corrected chi connectivity index (χ0v) is 14.6. The van der Waals surface area contributed by atoms with Gasteiger partial charge in [0, 0.05) is 22.3 Å². The number of hydrogen-bond donors (Lipinski definition) is 1. The molecule has 0 aliphatic carbocycles. The zero-order valence-electron chi connectivity index (χ0n) is 12.4. The third kappa shape index (κ3) is 4.10. The average molecular weight is 422 g/mol. The molecule has 1 N–H and O–H groups in total. The lowest BCUT2D eigenvalue weighted by molar-refractivity contribution is 0.217. The summed E-state index contributed by atoms with van der Waals surface area (Å²) in [4.78, 5) is 14.1. The van der Waals surface area contributed by atoms with Crippen molar-refractivity contribution in [3.63, 3.8) is 0 Å². The van der Waals surface area contributed by atoms with Crippen LogP contribution in [0.25, 0.3) is 5.57 Å². The molecule has 0 spiro atoms. The molecule has 0 saturated carbocycles. The number of benzene rings is 2. The summed E-state index contributed by atoms with van der Waals surface area (Å²) in [5, 5.41) is 2.92. The van der Waals surface area contributed by atoms with Gasteiger partial charge in [-0.1, -0.05) is 24.3 Å². The summed E-state index contributed by atoms with van der Waals surface area (Å²) >= 11 is 2.22. The molecule has 1 aliphatic rings. The second kappa shape index (κ2) is 7.12. The maximum absolute atomic E-state index is 13.0. The molecule has 2 amide bonds. The summed E-state index contributed by atoms with van der Waals surface area (Å²) in [6, 6.07) is 14.1. The average Bonchev–Trinajstić information content (AvgIpc) is 2.56. The third-order valence-corrected chi connectivity index (χ3v) is 4.46. The predicted molar refractivity (Wildman–Crippen MR) is 98.7 cm³/mol. The van der Waals surface area contributed by atoms with Crippen LogP contribution in [-0.4, -0.2) is 24.0 Å². The van der Waals surface area contributed by atoms with E-state index in [4.69, 9.17) is 0 Å². The number of rotatable bonds is 2. The van der Waals surface area contributed by atoms with Gasteiger partial charge in [-0.3, -0.25) is 0 Å². The first-order valence-corrected chi connectivity index (χ1v) is 8.46. The van der Waals surface area contributed by atoms with Gasteiger partial charge in [0.1, 0.15) is 5.82 Å². The van der Waals surface area contributed by atoms with Gasteiger partial charge in [-0.05, 0) is 70.5 Å². The molecule has 1 aliphatic heterocycles. The van der Waals surface area contributed by atoms with E-state index < -0.39 is 0 Å². The lowest BCUT2D eigenvalue weighted by Crippen LogP contribution is -2.37. The van der Waals surface area contributed by atoms with Crippen LogP contribution in [0.1, 0.15) is 12.0 Å². The van der Waals surface area contributed by atoms with Gasteiger partial charge < -0.3 is 10.2 Å². The molecule has 0 fully saturated rings. The van der Waals surface area contributed by atoms with Crippen LogP contribution < -0.4 is 5.32 Å². The van der Waals surface area contributed by atoms with Crippen LogP contribution in [0.3, 0.4) is 0 Å². The Bertz CT molecular complexity index is 743. The van der Waals surface area contributed by atoms with Crippen molar-refractivity contribution in [2.24, 2.45) is 0 Å². The van der Waals surface area contributed by atoms with Gasteiger partial charge in [-0.2, -0.15) is 0 Å². The third-order valence-electron chi connectivity index (χ3n) is 3.79. The van der Waals surface area contributed by atoms with E-state index in [2.05, 4.69) is 27.9 Å². The molecule has 23 heavy (non-hydrogen) atoms. The molecule has 0 aromatic heterocycles. The summed E-state index contributed by atoms with van der Waals surface area (Å²) in [5.74, 6) is -0.233. The number of carbonyl (C=O) groups is 1. The Kier molecular flexibility index (Phi) is 4.95. The van der Waals surface area contributed by atoms with Crippen molar-refractivity contribution in [2.75, 3.05) is 18.4 Å². The van der Waals surface area contributed by atoms with E-state index in [1.807, 2.05) is 30.3 Å². The van der Waals surface area contributed by atoms with Crippen LogP contribution >= 0.6 is 22.6 Å². The highest BCUT2D eigenvalue weighted by molar-refractivity contribution is 14.1. The summed E-state index contributed by atoms with van der Waals surface area (Å²) in [7, 11) is 0. The van der Waals surface area contributed by atoms with Gasteiger partial charge in [0.2, 0.25) is 0 Å². The Labute approximate surface area is 148 Å². The summed E-state index contributed by atoms with van der Waals surface area (Å²) < 4.78 is 14.1. The number of urea groups is 1. The Hall–Kier alpha value is -1.89. The van der Waals surface area contributed by atoms with Crippen LogP contribution in [-0.2, 0) is 0 Å². The molecular formula is C18H16FIN2O. The van der Waals surface area contributed by atoms with Gasteiger partial charge in [-0.15, -0.1) is 0 Å². The second-order valence-corrected chi connectivity index (χ2v) is 6.62. The van der Waals surface area contributed by atoms with Crippen molar-refractivity contribution < 1.29 is 9.18 Å². The van der Waals surface area contributed by atoms with E-state index >= 15 is 0 Å². The highest BCUT2D eigenvalue weighted by atomic mass is 127. The molecule has 2 aromatic rings. The maximum atomic E-state index is 13.0. The van der Waals surface area contributed by atoms with Gasteiger partial charge >= 0.3 is 6.03 Å². The first-order chi connectivity index (χ1) is 11.1. The number of nitrogens with one attached hydrogen (secondary N) is 1. The Morgan fingerprint density at radius 3 is 2.61 bits per heavy atom. The van der Waals surface area contributed by atoms with Crippen molar-refractivity contribution in [3.8, 4) is 0 Å². The molecule has 0 atom stereocenters. The van der Waals surface area contributed by atoms with Crippen LogP contribution in [0, 0.1) is 9.39 Å². The van der Waals surface area contributed by atoms with E-state index in [9.17, 15) is 9.18 Å². The first kappa shape index (κ1) is 16.0. The molecule has 3 nitrogen and oxygen atoms in total. The summed E-state index contributed by atoms with van der Waals surface area (Å²) in [6.45, 7) is 1.21. The van der Waals surface area contributed by atoms with Crippen molar-refractivity contribution in [1.82, 2.24) is 4.90 Å². The molecule has 118 valence electrons. The lowest BCUT2D eigenvalue weighted by Gasteiger charge is -2.27. The maximum Gasteiger partial charge on any atom is 0.322 e. The zero-order chi connectivity index (χ0) is 16.2. The highest BCUT2D eigenvalue weighted by Gasteiger charge is 2.18. The smallest absolute Gasteiger partial charge is 0.320 e. The van der Waals surface area contributed by atoms with Crippen molar-refractivity contribution >= 4 is 39.9 Å². The standard InChI is InChI=1S/C18H16FIN2O/c19-15-6-4-13(5-7-15)14-8-10-22(11-9-14)18(23)21-17-3-1-2-16(20)12-17/h1-8,12H,9-11H2,(H,21,23). The summed E-state index contributed by atoms with van der Waals surface area (Å²) in [5.41, 5.74) is 2.97. The molecule has 3 rings (SSSR count). The fraction of sp³-hybridized carbons (Fsp3) is 0.167. The molecule has 0 radical (unpaired) electrons. The SMILES string of the molecule is O=C(Nc1cccc(I)c1)N1CC=C(c2ccc(F)cc2)CC1. The molecule has 1 heterocycles. The lowest BCUT2D eigenvalue weighted by atomic mass is 10.00. The molecule has 2 aromatic carbocycles. The van der Waals surface area contributed by atoms with Crippen molar-refractivity contribution in [3.05, 3.63) is 69.6 Å². The Balaban J connectivity index is 1.63. The van der Waals surface area contributed by atoms with Crippen molar-refractivity contribution in [1.29, 1.82) is 0 Å². The molecule has 0 unspecified atom stereocenters. The van der Waals surface area contributed by atoms with Crippen LogP contribution in [0.4, 0.5) is 14.9 Å². The second-order valence-electron chi connectivity index (χ2n) is 5.37. The first-order valence-electron chi connectivity index (χ1n) is 7.38. The minimum absolute atomic E-state index is 0.0959. The van der Waals surface area contributed by atoms with Gasteiger partial charge in [0.25, 0.3) is 0 Å². The minimum atomic E-state index is -0.233. The van der Waals surface area contributed by atoms with Gasteiger partial charge in [0.15, 0.2) is 0 Å². The van der Waals surface area contributed by atoms with Crippen LogP contribution in [0.15, 0.2) is 54.6 Å². The van der Waals surface area contributed by atoms with Crippen LogP contribution in [0.2, 0.25) is 0 Å². The number of carbonyl (C=O) groups excluding carboxylic acids is 1. The summed E-state index contributed by atoms with van der Waals surface area (Å²) in [6.07, 6.45) is 2.80. The normalized spacial score (nSPS) is 14.3. The number of amides is 2. The fourth-order valence-electron chi connectivity index (χ4n) is 2.55. The minimum Gasteiger partial charge on any atom is -0.320 e. The largest absolute Gasteiger partial charge is 0.322 e. The van der Waals surface area contributed by atoms with E-state index in [0.29, 0.717) is 13.1 Å². The topological polar surface area (TPSA) is 32.3 Å². The number of hydrogen-bond acceptors (Lipinski definition) is 1. The molecule has 0 saturated heterocycles. The quantitative estimate of drug-likeness (QED) is 0.697. The van der Waals surface area contributed by atoms with E-state index in [1.165, 1.54) is 12.1 Å².